The van der Waals surface area contributed by atoms with Gasteiger partial charge in [0.25, 0.3) is 11.5 Å². The molecule has 1 atom stereocenters. The van der Waals surface area contributed by atoms with Crippen LogP contribution in [0, 0.1) is 5.92 Å². The van der Waals surface area contributed by atoms with E-state index in [2.05, 4.69) is 24.0 Å². The van der Waals surface area contributed by atoms with Crippen molar-refractivity contribution in [3.05, 3.63) is 82.8 Å². The number of carbonyl (C=O) groups is 1. The zero-order valence-electron chi connectivity index (χ0n) is 17.0. The minimum absolute atomic E-state index is 0.0767. The van der Waals surface area contributed by atoms with Crippen molar-refractivity contribution in [1.82, 2.24) is 9.88 Å². The summed E-state index contributed by atoms with van der Waals surface area (Å²) in [5.41, 5.74) is 2.83. The van der Waals surface area contributed by atoms with Gasteiger partial charge in [0.05, 0.1) is 0 Å². The molecule has 150 valence electrons. The number of amides is 1. The van der Waals surface area contributed by atoms with Crippen molar-refractivity contribution in [3.63, 3.8) is 0 Å². The maximum absolute atomic E-state index is 13.0. The van der Waals surface area contributed by atoms with Gasteiger partial charge in [-0.2, -0.15) is 0 Å². The Kier molecular flexibility index (Phi) is 4.62. The van der Waals surface area contributed by atoms with Crippen molar-refractivity contribution in [1.29, 1.82) is 0 Å². The molecule has 4 heteroatoms. The highest BCUT2D eigenvalue weighted by molar-refractivity contribution is 6.03. The second kappa shape index (κ2) is 7.45. The van der Waals surface area contributed by atoms with E-state index >= 15 is 0 Å². The Hall–Kier alpha value is -3.40. The smallest absolute Gasteiger partial charge is 0.255 e. The first-order valence-corrected chi connectivity index (χ1v) is 10.5. The van der Waals surface area contributed by atoms with Crippen LogP contribution in [0.3, 0.4) is 0 Å². The molecule has 1 fully saturated rings. The minimum atomic E-state index is -0.0767. The summed E-state index contributed by atoms with van der Waals surface area (Å²) in [5.74, 6) is 0.689. The molecule has 3 aromatic carbocycles. The number of carbonyl (C=O) groups excluding carboxylic acids is 1. The van der Waals surface area contributed by atoms with E-state index in [4.69, 9.17) is 0 Å². The molecule has 0 aliphatic carbocycles. The van der Waals surface area contributed by atoms with Gasteiger partial charge in [0, 0.05) is 30.2 Å². The molecular formula is C26H24N2O2. The largest absolute Gasteiger partial charge is 0.338 e. The lowest BCUT2D eigenvalue weighted by molar-refractivity contribution is 0.0683. The van der Waals surface area contributed by atoms with Crippen LogP contribution in [0.1, 0.15) is 30.1 Å². The fourth-order valence-electron chi connectivity index (χ4n) is 4.58. The molecule has 4 nitrogen and oxygen atoms in total. The summed E-state index contributed by atoms with van der Waals surface area (Å²) in [5, 5.41) is 3.75. The summed E-state index contributed by atoms with van der Waals surface area (Å²) in [6.45, 7) is 3.90. The van der Waals surface area contributed by atoms with Crippen molar-refractivity contribution >= 4 is 27.5 Å². The van der Waals surface area contributed by atoms with Crippen LogP contribution >= 0.6 is 0 Å². The molecule has 2 heterocycles. The average molecular weight is 396 g/mol. The van der Waals surface area contributed by atoms with Crippen molar-refractivity contribution in [2.75, 3.05) is 13.1 Å². The number of hydrogen-bond acceptors (Lipinski definition) is 2. The number of pyridine rings is 1. The maximum atomic E-state index is 13.0. The molecule has 5 rings (SSSR count). The fourth-order valence-corrected chi connectivity index (χ4v) is 4.58. The zero-order chi connectivity index (χ0) is 20.7. The van der Waals surface area contributed by atoms with Gasteiger partial charge in [-0.05, 0) is 76.4 Å². The van der Waals surface area contributed by atoms with E-state index in [9.17, 15) is 9.59 Å². The Balaban J connectivity index is 1.55. The highest BCUT2D eigenvalue weighted by Crippen LogP contribution is 2.31. The number of nitrogens with one attached hydrogen (secondary N) is 1. The van der Waals surface area contributed by atoms with Crippen molar-refractivity contribution in [3.8, 4) is 11.1 Å². The van der Waals surface area contributed by atoms with E-state index < -0.39 is 0 Å². The van der Waals surface area contributed by atoms with Gasteiger partial charge in [-0.25, -0.2) is 0 Å². The number of likely N-dealkylation sites (tertiary alicyclic amines) is 1. The van der Waals surface area contributed by atoms with Crippen LogP contribution in [0.25, 0.3) is 32.7 Å². The van der Waals surface area contributed by atoms with Crippen LogP contribution in [-0.2, 0) is 0 Å². The normalized spacial score (nSPS) is 16.8. The van der Waals surface area contributed by atoms with E-state index in [1.807, 2.05) is 53.4 Å². The quantitative estimate of drug-likeness (QED) is 0.505. The molecule has 1 amide bonds. The molecule has 0 saturated carbocycles. The highest BCUT2D eigenvalue weighted by atomic mass is 16.2. The Bertz CT molecular complexity index is 1320. The predicted molar refractivity (Wildman–Crippen MR) is 122 cm³/mol. The second-order valence-electron chi connectivity index (χ2n) is 8.35. The number of nitrogens with zero attached hydrogens (tertiary/aromatic N) is 1. The fraction of sp³-hybridized carbons (Fsp3) is 0.231. The number of H-pyrrole nitrogens is 1. The van der Waals surface area contributed by atoms with E-state index in [1.165, 1.54) is 6.42 Å². The standard InChI is InChI=1S/C26H24N2O2/c1-17-4-3-13-28(16-17)26(30)21-8-9-23-18(15-21)5-2-6-22(23)19-7-10-24-20(14-19)11-12-27-25(24)29/h2,5-12,14-15,17H,3-4,13,16H2,1H3,(H,27,29)/t17-/m0/s1. The number of benzene rings is 3. The van der Waals surface area contributed by atoms with Crippen LogP contribution in [0.5, 0.6) is 0 Å². The molecule has 4 aromatic rings. The van der Waals surface area contributed by atoms with Crippen LogP contribution in [0.15, 0.2) is 71.7 Å². The SMILES string of the molecule is C[C@H]1CCCN(C(=O)c2ccc3c(-c4ccc5c(=O)[nH]ccc5c4)cccc3c2)C1. The van der Waals surface area contributed by atoms with Crippen molar-refractivity contribution in [2.45, 2.75) is 19.8 Å². The number of aromatic nitrogens is 1. The number of rotatable bonds is 2. The Labute approximate surface area is 175 Å². The topological polar surface area (TPSA) is 53.2 Å². The lowest BCUT2D eigenvalue weighted by Crippen LogP contribution is -2.39. The van der Waals surface area contributed by atoms with Gasteiger partial charge < -0.3 is 9.88 Å². The van der Waals surface area contributed by atoms with E-state index in [0.29, 0.717) is 11.3 Å². The van der Waals surface area contributed by atoms with E-state index in [-0.39, 0.29) is 11.5 Å². The van der Waals surface area contributed by atoms with Gasteiger partial charge in [-0.15, -0.1) is 0 Å². The van der Waals surface area contributed by atoms with Gasteiger partial charge >= 0.3 is 0 Å². The van der Waals surface area contributed by atoms with Gasteiger partial charge in [0.1, 0.15) is 0 Å². The Morgan fingerprint density at radius 3 is 2.70 bits per heavy atom. The number of fused-ring (bicyclic) bond motifs is 2. The summed E-state index contributed by atoms with van der Waals surface area (Å²) in [6, 6.07) is 20.0. The van der Waals surface area contributed by atoms with Gasteiger partial charge in [0.15, 0.2) is 0 Å². The highest BCUT2D eigenvalue weighted by Gasteiger charge is 2.22. The molecule has 30 heavy (non-hydrogen) atoms. The van der Waals surface area contributed by atoms with Crippen LogP contribution in [0.4, 0.5) is 0 Å². The van der Waals surface area contributed by atoms with E-state index in [1.54, 1.807) is 6.20 Å². The van der Waals surface area contributed by atoms with Crippen molar-refractivity contribution < 1.29 is 4.79 Å². The summed E-state index contributed by atoms with van der Waals surface area (Å²) >= 11 is 0. The molecule has 0 spiro atoms. The molecule has 1 saturated heterocycles. The Morgan fingerprint density at radius 2 is 1.83 bits per heavy atom. The van der Waals surface area contributed by atoms with E-state index in [0.717, 1.165) is 52.4 Å². The molecule has 1 aliphatic heterocycles. The van der Waals surface area contributed by atoms with Crippen LogP contribution in [0.2, 0.25) is 0 Å². The molecule has 1 N–H and O–H groups in total. The van der Waals surface area contributed by atoms with Crippen LogP contribution < -0.4 is 5.56 Å². The maximum Gasteiger partial charge on any atom is 0.255 e. The third kappa shape index (κ3) is 3.28. The zero-order valence-corrected chi connectivity index (χ0v) is 17.0. The van der Waals surface area contributed by atoms with Gasteiger partial charge in [-0.3, -0.25) is 9.59 Å². The summed E-state index contributed by atoms with van der Waals surface area (Å²) < 4.78 is 0. The number of hydrogen-bond donors (Lipinski definition) is 1. The first kappa shape index (κ1) is 18.6. The molecule has 0 unspecified atom stereocenters. The molecular weight excluding hydrogens is 372 g/mol. The summed E-state index contributed by atoms with van der Waals surface area (Å²) in [7, 11) is 0. The van der Waals surface area contributed by atoms with Crippen molar-refractivity contribution in [2.24, 2.45) is 5.92 Å². The third-order valence-corrected chi connectivity index (χ3v) is 6.16. The predicted octanol–water partition coefficient (Wildman–Crippen LogP) is 5.22. The minimum Gasteiger partial charge on any atom is -0.338 e. The monoisotopic (exact) mass is 396 g/mol. The molecule has 1 aromatic heterocycles. The first-order chi connectivity index (χ1) is 14.6. The number of piperidine rings is 1. The van der Waals surface area contributed by atoms with Gasteiger partial charge in [-0.1, -0.05) is 37.3 Å². The number of aromatic amines is 1. The first-order valence-electron chi connectivity index (χ1n) is 10.5. The lowest BCUT2D eigenvalue weighted by Gasteiger charge is -2.31. The Morgan fingerprint density at radius 1 is 1.00 bits per heavy atom. The summed E-state index contributed by atoms with van der Waals surface area (Å²) in [6.07, 6.45) is 3.95. The second-order valence-corrected chi connectivity index (χ2v) is 8.35. The molecule has 1 aliphatic rings. The van der Waals surface area contributed by atoms with Crippen LogP contribution in [-0.4, -0.2) is 28.9 Å². The lowest BCUT2D eigenvalue weighted by atomic mass is 9.95. The molecule has 0 bridgehead atoms. The summed E-state index contributed by atoms with van der Waals surface area (Å²) in [4.78, 5) is 29.7. The third-order valence-electron chi connectivity index (χ3n) is 6.16. The average Bonchev–Trinajstić information content (AvgIpc) is 2.78. The van der Waals surface area contributed by atoms with Gasteiger partial charge in [0.2, 0.25) is 0 Å². The molecule has 0 radical (unpaired) electrons.